The van der Waals surface area contributed by atoms with Crippen LogP contribution in [0.4, 0.5) is 39.5 Å². The first-order valence-corrected chi connectivity index (χ1v) is 11.5. The van der Waals surface area contributed by atoms with Gasteiger partial charge in [0.2, 0.25) is 0 Å². The average Bonchev–Trinajstić information content (AvgIpc) is 3.24. The van der Waals surface area contributed by atoms with Crippen LogP contribution in [0.15, 0.2) is 30.9 Å². The molecule has 0 aliphatic rings. The number of alkyl halides is 9. The van der Waals surface area contributed by atoms with Crippen LogP contribution in [0.1, 0.15) is 18.7 Å². The molecule has 0 bridgehead atoms. The Morgan fingerprint density at radius 2 is 1.47 bits per heavy atom. The summed E-state index contributed by atoms with van der Waals surface area (Å²) in [4.78, 5) is 0. The van der Waals surface area contributed by atoms with Gasteiger partial charge < -0.3 is 4.13 Å². The molecule has 2 rings (SSSR count). The molecule has 2 aromatic heterocycles. The number of halogens is 9. The Kier molecular flexibility index (Phi) is 9.17. The Morgan fingerprint density at radius 1 is 0.941 bits per heavy atom. The lowest BCUT2D eigenvalue weighted by atomic mass is 10.3. The maximum Gasteiger partial charge on any atom is 0.480 e. The van der Waals surface area contributed by atoms with Gasteiger partial charge in [-0.05, 0) is 12.5 Å². The molecule has 0 aliphatic heterocycles. The van der Waals surface area contributed by atoms with E-state index in [9.17, 15) is 56.3 Å². The van der Waals surface area contributed by atoms with E-state index in [1.54, 1.807) is 17.1 Å². The van der Waals surface area contributed by atoms with Crippen molar-refractivity contribution < 1.29 is 60.9 Å². The van der Waals surface area contributed by atoms with E-state index < -0.39 is 43.7 Å². The summed E-state index contributed by atoms with van der Waals surface area (Å²) >= 11 is 0. The summed E-state index contributed by atoms with van der Waals surface area (Å²) in [5, 5.41) is 4.09. The summed E-state index contributed by atoms with van der Waals surface area (Å²) in [7, 11) is -13.4. The highest BCUT2D eigenvalue weighted by atomic mass is 32.3. The molecule has 0 radical (unpaired) electrons. The van der Waals surface area contributed by atoms with Crippen molar-refractivity contribution in [1.82, 2.24) is 14.3 Å². The van der Waals surface area contributed by atoms with Gasteiger partial charge in [0.25, 0.3) is 5.82 Å². The Balaban J connectivity index is 0.000000352. The molecule has 34 heavy (non-hydrogen) atoms. The highest BCUT2D eigenvalue weighted by Crippen LogP contribution is 2.36. The number of aryl methyl sites for hydroxylation is 1. The second kappa shape index (κ2) is 10.5. The first-order valence-electron chi connectivity index (χ1n) is 8.62. The lowest BCUT2D eigenvalue weighted by molar-refractivity contribution is -0.708. The molecule has 0 fully saturated rings. The third-order valence-electron chi connectivity index (χ3n) is 3.75. The van der Waals surface area contributed by atoms with E-state index in [1.165, 1.54) is 0 Å². The van der Waals surface area contributed by atoms with E-state index in [1.807, 2.05) is 34.5 Å². The monoisotopic (exact) mass is 553 g/mol. The predicted molar refractivity (Wildman–Crippen MR) is 95.6 cm³/mol. The minimum absolute atomic E-state index is 0.0980. The third-order valence-corrected chi connectivity index (χ3v) is 6.49. The summed E-state index contributed by atoms with van der Waals surface area (Å²) in [6.07, 6.45) is 2.46. The van der Waals surface area contributed by atoms with Gasteiger partial charge >= 0.3 is 17.2 Å². The van der Waals surface area contributed by atoms with Crippen molar-refractivity contribution in [3.05, 3.63) is 40.8 Å². The Bertz CT molecular complexity index is 1090. The van der Waals surface area contributed by atoms with Gasteiger partial charge in [-0.3, -0.25) is 0 Å². The van der Waals surface area contributed by atoms with E-state index >= 15 is 0 Å². The van der Waals surface area contributed by atoms with Crippen LogP contribution in [0.3, 0.4) is 0 Å². The number of imidazole rings is 1. The summed E-state index contributed by atoms with van der Waals surface area (Å²) < 4.78 is 151. The zero-order valence-corrected chi connectivity index (χ0v) is 18.4. The number of hydrogen-bond donors (Lipinski definition) is 0. The second-order valence-electron chi connectivity index (χ2n) is 6.33. The number of nitrogens with zero attached hydrogens (tertiary/aromatic N) is 5. The van der Waals surface area contributed by atoms with Gasteiger partial charge in [-0.1, -0.05) is 0 Å². The summed E-state index contributed by atoms with van der Waals surface area (Å²) in [6, 6.07) is 1.83. The molecular weight excluding hydrogens is 537 g/mol. The number of sulfonamides is 2. The fraction of sp³-hybridized carbons (Fsp3) is 0.571. The molecule has 9 nitrogen and oxygen atoms in total. The molecule has 0 atom stereocenters. The van der Waals surface area contributed by atoms with E-state index in [0.29, 0.717) is 13.2 Å². The van der Waals surface area contributed by atoms with Crippen LogP contribution >= 0.6 is 0 Å². The van der Waals surface area contributed by atoms with Crippen molar-refractivity contribution in [3.63, 3.8) is 0 Å². The molecule has 196 valence electrons. The Morgan fingerprint density at radius 3 is 1.88 bits per heavy atom. The molecule has 0 aromatic carbocycles. The Labute approximate surface area is 186 Å². The van der Waals surface area contributed by atoms with Crippen LogP contribution in [-0.2, 0) is 33.3 Å². The molecule has 2 aromatic rings. The van der Waals surface area contributed by atoms with Crippen molar-refractivity contribution in [1.29, 1.82) is 0 Å². The van der Waals surface area contributed by atoms with E-state index in [2.05, 4.69) is 5.10 Å². The van der Waals surface area contributed by atoms with E-state index in [4.69, 9.17) is 0 Å². The third kappa shape index (κ3) is 8.78. The van der Waals surface area contributed by atoms with Crippen molar-refractivity contribution in [2.75, 3.05) is 0 Å². The second-order valence-corrected chi connectivity index (χ2v) is 9.75. The molecule has 20 heteroatoms. The highest BCUT2D eigenvalue weighted by Gasteiger charge is 2.46. The van der Waals surface area contributed by atoms with Crippen molar-refractivity contribution >= 4 is 20.0 Å². The zero-order valence-electron chi connectivity index (χ0n) is 16.8. The highest BCUT2D eigenvalue weighted by molar-refractivity contribution is 8.13. The maximum atomic E-state index is 12.1. The minimum Gasteiger partial charge on any atom is -0.421 e. The largest absolute Gasteiger partial charge is 0.480 e. The van der Waals surface area contributed by atoms with Crippen LogP contribution in [-0.4, -0.2) is 48.4 Å². The fourth-order valence-corrected chi connectivity index (χ4v) is 3.84. The lowest BCUT2D eigenvalue weighted by Crippen LogP contribution is -2.39. The summed E-state index contributed by atoms with van der Waals surface area (Å²) in [5.74, 6) is 0.915. The normalized spacial score (nSPS) is 13.5. The van der Waals surface area contributed by atoms with Crippen molar-refractivity contribution in [2.24, 2.45) is 0 Å². The van der Waals surface area contributed by atoms with Crippen LogP contribution in [0.5, 0.6) is 0 Å². The van der Waals surface area contributed by atoms with E-state index in [0.717, 1.165) is 9.95 Å². The molecule has 2 heterocycles. The predicted octanol–water partition coefficient (Wildman–Crippen LogP) is 3.19. The van der Waals surface area contributed by atoms with Crippen LogP contribution in [0, 0.1) is 6.92 Å². The van der Waals surface area contributed by atoms with Gasteiger partial charge in [0, 0.05) is 25.7 Å². The molecule has 0 amide bonds. The van der Waals surface area contributed by atoms with Gasteiger partial charge in [0.1, 0.15) is 12.4 Å². The van der Waals surface area contributed by atoms with Crippen molar-refractivity contribution in [2.45, 2.75) is 50.2 Å². The standard InChI is InChI=1S/C12H16F3N4.C2F6NO4S2/c1-11-17(6-2-4-12(13,14)15)8-9-18(11)10-19-7-3-5-16-19;3-1(4,5)14(10,11)9-15(12,13)2(6,7)8/h3,5,7-9H,2,4,6,10H2,1H3;/q+1;-1. The number of rotatable bonds is 7. The molecule has 0 saturated heterocycles. The molecule has 0 saturated carbocycles. The molecule has 0 aliphatic carbocycles. The van der Waals surface area contributed by atoms with Crippen LogP contribution in [0.2, 0.25) is 0 Å². The van der Waals surface area contributed by atoms with Gasteiger partial charge in [0.15, 0.2) is 26.7 Å². The van der Waals surface area contributed by atoms with Gasteiger partial charge in [-0.15, -0.1) is 0 Å². The quantitative estimate of drug-likeness (QED) is 0.387. The van der Waals surface area contributed by atoms with Crippen molar-refractivity contribution in [3.8, 4) is 0 Å². The average molecular weight is 553 g/mol. The lowest BCUT2D eigenvalue weighted by Gasteiger charge is -2.22. The van der Waals surface area contributed by atoms with Crippen LogP contribution in [0.25, 0.3) is 4.13 Å². The first-order chi connectivity index (χ1) is 15.2. The van der Waals surface area contributed by atoms with Gasteiger partial charge in [-0.2, -0.15) is 44.6 Å². The molecule has 0 N–H and O–H groups in total. The van der Waals surface area contributed by atoms with Crippen LogP contribution < -0.4 is 4.57 Å². The molecule has 0 spiro atoms. The first kappa shape index (κ1) is 29.7. The summed E-state index contributed by atoms with van der Waals surface area (Å²) in [5.41, 5.74) is -12.4. The van der Waals surface area contributed by atoms with Gasteiger partial charge in [0.05, 0.1) is 6.54 Å². The Hall–Kier alpha value is -2.35. The smallest absolute Gasteiger partial charge is 0.421 e. The summed E-state index contributed by atoms with van der Waals surface area (Å²) in [6.45, 7) is 2.82. The molecule has 0 unspecified atom stereocenters. The molecular formula is C14H16F9N5O4S2. The van der Waals surface area contributed by atoms with E-state index in [-0.39, 0.29) is 6.42 Å². The fourth-order valence-electron chi connectivity index (χ4n) is 2.13. The number of aromatic nitrogens is 4. The SMILES string of the molecule is Cc1n(CCCC(F)(F)F)cc[n+]1Cn1cccn1.O=S(=O)([N-]S(=O)(=O)C(F)(F)F)C(F)(F)F. The number of hydrogen-bond acceptors (Lipinski definition) is 5. The maximum absolute atomic E-state index is 12.1. The zero-order chi connectivity index (χ0) is 26.6. The van der Waals surface area contributed by atoms with Gasteiger partial charge in [-0.25, -0.2) is 30.7 Å². The topological polar surface area (TPSA) is 109 Å². The minimum atomic E-state index is -6.72.